The minimum atomic E-state index is -0.480. The summed E-state index contributed by atoms with van der Waals surface area (Å²) in [5, 5.41) is 13.5. The summed E-state index contributed by atoms with van der Waals surface area (Å²) in [7, 11) is 0. The maximum absolute atomic E-state index is 11.8. The molecule has 0 fully saturated rings. The van der Waals surface area contributed by atoms with Gasteiger partial charge in [0.1, 0.15) is 0 Å². The van der Waals surface area contributed by atoms with Crippen molar-refractivity contribution in [2.75, 3.05) is 12.4 Å². The maximum atomic E-state index is 11.8. The Morgan fingerprint density at radius 3 is 2.74 bits per heavy atom. The number of aryl methyl sites for hydroxylation is 1. The summed E-state index contributed by atoms with van der Waals surface area (Å²) in [6, 6.07) is 4.49. The zero-order valence-corrected chi connectivity index (χ0v) is 11.6. The molecule has 0 aliphatic rings. The molecule has 1 aromatic rings. The Labute approximate surface area is 117 Å². The first-order chi connectivity index (χ1) is 9.06. The first-order valence-corrected chi connectivity index (χ1v) is 6.69. The second-order valence-corrected chi connectivity index (χ2v) is 4.64. The van der Waals surface area contributed by atoms with Gasteiger partial charge in [0.25, 0.3) is 11.6 Å². The molecule has 0 aromatic heterocycles. The fourth-order valence-corrected chi connectivity index (χ4v) is 1.84. The van der Waals surface area contributed by atoms with Gasteiger partial charge in [-0.2, -0.15) is 0 Å². The highest BCUT2D eigenvalue weighted by Gasteiger charge is 2.14. The number of nitrogens with one attached hydrogen (secondary N) is 1. The summed E-state index contributed by atoms with van der Waals surface area (Å²) in [6.45, 7) is 2.20. The molecule has 0 saturated heterocycles. The zero-order chi connectivity index (χ0) is 14.3. The maximum Gasteiger partial charge on any atom is 0.273 e. The third-order valence-electron chi connectivity index (χ3n) is 2.76. The number of nitro groups is 1. The van der Waals surface area contributed by atoms with E-state index < -0.39 is 4.92 Å². The molecule has 5 nitrogen and oxygen atoms in total. The molecule has 0 aliphatic carbocycles. The van der Waals surface area contributed by atoms with Crippen LogP contribution in [-0.2, 0) is 0 Å². The molecule has 0 spiro atoms. The average molecular weight is 285 g/mol. The normalized spacial score (nSPS) is 10.2. The predicted molar refractivity (Wildman–Crippen MR) is 74.7 cm³/mol. The summed E-state index contributed by atoms with van der Waals surface area (Å²) in [6.07, 6.45) is 2.73. The molecule has 6 heteroatoms. The third-order valence-corrected chi connectivity index (χ3v) is 3.03. The molecular formula is C13H17ClN2O3. The number of nitro benzene ring substituents is 1. The average Bonchev–Trinajstić information content (AvgIpc) is 2.38. The Kier molecular flexibility index (Phi) is 6.29. The van der Waals surface area contributed by atoms with Gasteiger partial charge in [-0.3, -0.25) is 14.9 Å². The molecule has 1 amide bonds. The van der Waals surface area contributed by atoms with E-state index in [2.05, 4.69) is 5.32 Å². The minimum absolute atomic E-state index is 0.0326. The van der Waals surface area contributed by atoms with Crippen LogP contribution in [-0.4, -0.2) is 23.3 Å². The van der Waals surface area contributed by atoms with Gasteiger partial charge in [0, 0.05) is 29.6 Å². The summed E-state index contributed by atoms with van der Waals surface area (Å²) in [5.41, 5.74) is 0.827. The quantitative estimate of drug-likeness (QED) is 0.362. The van der Waals surface area contributed by atoms with Crippen molar-refractivity contribution < 1.29 is 9.72 Å². The molecule has 0 heterocycles. The van der Waals surface area contributed by atoms with Crippen molar-refractivity contribution in [1.29, 1.82) is 0 Å². The van der Waals surface area contributed by atoms with E-state index in [-0.39, 0.29) is 11.6 Å². The predicted octanol–water partition coefficient (Wildman–Crippen LogP) is 3.04. The molecule has 0 saturated carbocycles. The zero-order valence-electron chi connectivity index (χ0n) is 10.8. The lowest BCUT2D eigenvalue weighted by Crippen LogP contribution is -2.24. The van der Waals surface area contributed by atoms with E-state index in [1.807, 2.05) is 0 Å². The number of amides is 1. The van der Waals surface area contributed by atoms with Gasteiger partial charge < -0.3 is 5.32 Å². The molecule has 104 valence electrons. The number of carbonyl (C=O) groups is 1. The standard InChI is InChI=1S/C13H17ClN2O3/c1-10-5-6-11(9-12(10)16(18)19)13(17)15-8-4-2-3-7-14/h5-6,9H,2-4,7-8H2,1H3,(H,15,17). The summed E-state index contributed by atoms with van der Waals surface area (Å²) >= 11 is 5.55. The van der Waals surface area contributed by atoms with Gasteiger partial charge in [-0.15, -0.1) is 11.6 Å². The van der Waals surface area contributed by atoms with Crippen molar-refractivity contribution in [3.8, 4) is 0 Å². The fourth-order valence-electron chi connectivity index (χ4n) is 1.65. The van der Waals surface area contributed by atoms with Gasteiger partial charge in [0.05, 0.1) is 4.92 Å². The number of halogens is 1. The minimum Gasteiger partial charge on any atom is -0.352 e. The summed E-state index contributed by atoms with van der Waals surface area (Å²) < 4.78 is 0. The molecule has 0 atom stereocenters. The Bertz CT molecular complexity index is 463. The highest BCUT2D eigenvalue weighted by Crippen LogP contribution is 2.19. The van der Waals surface area contributed by atoms with Gasteiger partial charge in [-0.25, -0.2) is 0 Å². The van der Waals surface area contributed by atoms with Crippen molar-refractivity contribution in [1.82, 2.24) is 5.32 Å². The first kappa shape index (κ1) is 15.4. The van der Waals surface area contributed by atoms with E-state index in [9.17, 15) is 14.9 Å². The smallest absolute Gasteiger partial charge is 0.273 e. The monoisotopic (exact) mass is 284 g/mol. The number of alkyl halides is 1. The lowest BCUT2D eigenvalue weighted by atomic mass is 10.1. The van der Waals surface area contributed by atoms with Gasteiger partial charge in [0.15, 0.2) is 0 Å². The number of benzene rings is 1. The Morgan fingerprint density at radius 1 is 1.37 bits per heavy atom. The molecule has 0 unspecified atom stereocenters. The number of nitrogens with zero attached hydrogens (tertiary/aromatic N) is 1. The molecule has 1 N–H and O–H groups in total. The molecule has 0 radical (unpaired) electrons. The number of hydrogen-bond acceptors (Lipinski definition) is 3. The van der Waals surface area contributed by atoms with Gasteiger partial charge >= 0.3 is 0 Å². The SMILES string of the molecule is Cc1ccc(C(=O)NCCCCCCl)cc1[N+](=O)[O-]. The topological polar surface area (TPSA) is 72.2 Å². The largest absolute Gasteiger partial charge is 0.352 e. The van der Waals surface area contributed by atoms with Crippen LogP contribution < -0.4 is 5.32 Å². The summed E-state index contributed by atoms with van der Waals surface area (Å²) in [4.78, 5) is 22.1. The van der Waals surface area contributed by atoms with E-state index in [0.717, 1.165) is 19.3 Å². The van der Waals surface area contributed by atoms with Crippen LogP contribution in [0.15, 0.2) is 18.2 Å². The molecule has 0 bridgehead atoms. The number of rotatable bonds is 7. The van der Waals surface area contributed by atoms with Crippen molar-refractivity contribution in [3.05, 3.63) is 39.4 Å². The van der Waals surface area contributed by atoms with Crippen molar-refractivity contribution >= 4 is 23.2 Å². The summed E-state index contributed by atoms with van der Waals surface area (Å²) in [5.74, 6) is 0.340. The van der Waals surface area contributed by atoms with Crippen LogP contribution in [0.2, 0.25) is 0 Å². The number of unbranched alkanes of at least 4 members (excludes halogenated alkanes) is 2. The van der Waals surface area contributed by atoms with E-state index in [0.29, 0.717) is 23.6 Å². The fraction of sp³-hybridized carbons (Fsp3) is 0.462. The number of hydrogen-bond donors (Lipinski definition) is 1. The Balaban J connectivity index is 2.57. The van der Waals surface area contributed by atoms with Crippen LogP contribution in [0.25, 0.3) is 0 Å². The second kappa shape index (κ2) is 7.74. The van der Waals surface area contributed by atoms with Crippen molar-refractivity contribution in [3.63, 3.8) is 0 Å². The molecule has 1 rings (SSSR count). The molecular weight excluding hydrogens is 268 g/mol. The van der Waals surface area contributed by atoms with Crippen molar-refractivity contribution in [2.24, 2.45) is 0 Å². The molecule has 1 aromatic carbocycles. The van der Waals surface area contributed by atoms with Crippen LogP contribution in [0.1, 0.15) is 35.2 Å². The highest BCUT2D eigenvalue weighted by molar-refractivity contribution is 6.17. The lowest BCUT2D eigenvalue weighted by Gasteiger charge is -2.05. The molecule has 0 aliphatic heterocycles. The van der Waals surface area contributed by atoms with E-state index in [1.165, 1.54) is 6.07 Å². The Morgan fingerprint density at radius 2 is 2.11 bits per heavy atom. The Hall–Kier alpha value is -1.62. The van der Waals surface area contributed by atoms with Crippen LogP contribution in [0.4, 0.5) is 5.69 Å². The van der Waals surface area contributed by atoms with Gasteiger partial charge in [0.2, 0.25) is 0 Å². The van der Waals surface area contributed by atoms with Gasteiger partial charge in [-0.05, 0) is 25.8 Å². The van der Waals surface area contributed by atoms with E-state index >= 15 is 0 Å². The van der Waals surface area contributed by atoms with Crippen LogP contribution in [0.3, 0.4) is 0 Å². The van der Waals surface area contributed by atoms with Crippen LogP contribution in [0.5, 0.6) is 0 Å². The number of carbonyl (C=O) groups excluding carboxylic acids is 1. The first-order valence-electron chi connectivity index (χ1n) is 6.15. The second-order valence-electron chi connectivity index (χ2n) is 4.26. The van der Waals surface area contributed by atoms with Gasteiger partial charge in [-0.1, -0.05) is 12.5 Å². The van der Waals surface area contributed by atoms with E-state index in [1.54, 1.807) is 19.1 Å². The third kappa shape index (κ3) is 4.87. The van der Waals surface area contributed by atoms with Crippen LogP contribution >= 0.6 is 11.6 Å². The van der Waals surface area contributed by atoms with Crippen molar-refractivity contribution in [2.45, 2.75) is 26.2 Å². The molecule has 19 heavy (non-hydrogen) atoms. The van der Waals surface area contributed by atoms with Crippen LogP contribution in [0, 0.1) is 17.0 Å². The lowest BCUT2D eigenvalue weighted by molar-refractivity contribution is -0.385. The van der Waals surface area contributed by atoms with E-state index in [4.69, 9.17) is 11.6 Å². The highest BCUT2D eigenvalue weighted by atomic mass is 35.5.